The lowest BCUT2D eigenvalue weighted by molar-refractivity contribution is -0.138. The van der Waals surface area contributed by atoms with Crippen molar-refractivity contribution in [1.82, 2.24) is 10.2 Å². The van der Waals surface area contributed by atoms with Gasteiger partial charge in [0.15, 0.2) is 0 Å². The quantitative estimate of drug-likeness (QED) is 0.694. The van der Waals surface area contributed by atoms with Crippen LogP contribution >= 0.6 is 0 Å². The van der Waals surface area contributed by atoms with E-state index < -0.39 is 0 Å². The van der Waals surface area contributed by atoms with Crippen LogP contribution in [-0.2, 0) is 22.6 Å². The molecular formula is C23H27FN2O3. The lowest BCUT2D eigenvalue weighted by Gasteiger charge is -2.32. The van der Waals surface area contributed by atoms with Gasteiger partial charge in [-0.25, -0.2) is 4.39 Å². The van der Waals surface area contributed by atoms with E-state index in [9.17, 15) is 14.0 Å². The predicted octanol–water partition coefficient (Wildman–Crippen LogP) is 3.32. The number of hydrogen-bond acceptors (Lipinski definition) is 3. The fourth-order valence-electron chi connectivity index (χ4n) is 3.62. The molecule has 3 rings (SSSR count). The van der Waals surface area contributed by atoms with Gasteiger partial charge in [-0.2, -0.15) is 0 Å². The zero-order valence-electron chi connectivity index (χ0n) is 16.7. The van der Waals surface area contributed by atoms with Gasteiger partial charge in [0.05, 0.1) is 13.0 Å². The number of carbonyl (C=O) groups is 2. The second-order valence-corrected chi connectivity index (χ2v) is 7.34. The van der Waals surface area contributed by atoms with Crippen LogP contribution in [0.5, 0.6) is 5.75 Å². The molecule has 1 aliphatic heterocycles. The molecule has 2 amide bonds. The minimum absolute atomic E-state index is 0.0124. The second kappa shape index (κ2) is 10.0. The third-order valence-corrected chi connectivity index (χ3v) is 5.28. The van der Waals surface area contributed by atoms with E-state index in [1.165, 1.54) is 12.1 Å². The molecule has 0 bridgehead atoms. The number of halogens is 1. The number of likely N-dealkylation sites (tertiary alicyclic amines) is 1. The van der Waals surface area contributed by atoms with Gasteiger partial charge in [0.1, 0.15) is 11.6 Å². The number of hydrogen-bond donors (Lipinski definition) is 1. The summed E-state index contributed by atoms with van der Waals surface area (Å²) in [5.41, 5.74) is 1.98. The van der Waals surface area contributed by atoms with Gasteiger partial charge in [0.25, 0.3) is 0 Å². The summed E-state index contributed by atoms with van der Waals surface area (Å²) in [7, 11) is 1.61. The Morgan fingerprint density at radius 3 is 2.72 bits per heavy atom. The van der Waals surface area contributed by atoms with Gasteiger partial charge in [-0.3, -0.25) is 9.59 Å². The van der Waals surface area contributed by atoms with Crippen LogP contribution in [-0.4, -0.2) is 36.9 Å². The number of rotatable bonds is 8. The topological polar surface area (TPSA) is 58.6 Å². The van der Waals surface area contributed by atoms with Gasteiger partial charge in [-0.05, 0) is 43.0 Å². The van der Waals surface area contributed by atoms with E-state index in [0.717, 1.165) is 29.7 Å². The van der Waals surface area contributed by atoms with Gasteiger partial charge in [-0.15, -0.1) is 0 Å². The number of methoxy groups -OCH3 is 1. The Hall–Kier alpha value is -2.89. The van der Waals surface area contributed by atoms with Crippen LogP contribution in [0.2, 0.25) is 0 Å². The smallest absolute Gasteiger partial charge is 0.224 e. The second-order valence-electron chi connectivity index (χ2n) is 7.34. The van der Waals surface area contributed by atoms with Crippen LogP contribution in [0, 0.1) is 11.7 Å². The molecule has 2 aromatic carbocycles. The molecule has 1 fully saturated rings. The maximum absolute atomic E-state index is 12.9. The van der Waals surface area contributed by atoms with Crippen LogP contribution < -0.4 is 10.1 Å². The fraction of sp³-hybridized carbons (Fsp3) is 0.391. The largest absolute Gasteiger partial charge is 0.496 e. The highest BCUT2D eigenvalue weighted by Crippen LogP contribution is 2.24. The predicted molar refractivity (Wildman–Crippen MR) is 109 cm³/mol. The molecule has 154 valence electrons. The summed E-state index contributed by atoms with van der Waals surface area (Å²) in [5, 5.41) is 2.98. The van der Waals surface area contributed by atoms with Crippen molar-refractivity contribution in [2.45, 2.75) is 32.2 Å². The summed E-state index contributed by atoms with van der Waals surface area (Å²) in [5.74, 6) is 0.352. The van der Waals surface area contributed by atoms with Crippen molar-refractivity contribution in [3.63, 3.8) is 0 Å². The molecule has 0 spiro atoms. The number of nitrogens with zero attached hydrogens (tertiary/aromatic N) is 1. The molecule has 0 radical (unpaired) electrons. The number of carbonyl (C=O) groups excluding carboxylic acids is 2. The van der Waals surface area contributed by atoms with E-state index in [-0.39, 0.29) is 23.5 Å². The molecular weight excluding hydrogens is 371 g/mol. The van der Waals surface area contributed by atoms with Crippen molar-refractivity contribution in [1.29, 1.82) is 0 Å². The first-order valence-corrected chi connectivity index (χ1v) is 9.98. The van der Waals surface area contributed by atoms with E-state index in [0.29, 0.717) is 32.5 Å². The molecule has 0 saturated carbocycles. The minimum Gasteiger partial charge on any atom is -0.496 e. The molecule has 0 aliphatic carbocycles. The Morgan fingerprint density at radius 1 is 1.21 bits per heavy atom. The van der Waals surface area contributed by atoms with Gasteiger partial charge in [0, 0.05) is 31.6 Å². The van der Waals surface area contributed by atoms with E-state index >= 15 is 0 Å². The highest BCUT2D eigenvalue weighted by Gasteiger charge is 2.30. The average molecular weight is 398 g/mol. The molecule has 5 nitrogen and oxygen atoms in total. The molecule has 1 N–H and O–H groups in total. The molecule has 2 aromatic rings. The first-order valence-electron chi connectivity index (χ1n) is 9.98. The molecule has 1 aliphatic rings. The first kappa shape index (κ1) is 20.8. The Morgan fingerprint density at radius 2 is 1.97 bits per heavy atom. The summed E-state index contributed by atoms with van der Waals surface area (Å²) in [6.07, 6.45) is 2.52. The Labute approximate surface area is 170 Å². The highest BCUT2D eigenvalue weighted by molar-refractivity contribution is 5.83. The van der Waals surface area contributed by atoms with Gasteiger partial charge in [-0.1, -0.05) is 30.3 Å². The van der Waals surface area contributed by atoms with Crippen LogP contribution in [0.3, 0.4) is 0 Å². The minimum atomic E-state index is -0.244. The summed E-state index contributed by atoms with van der Waals surface area (Å²) in [4.78, 5) is 26.6. The molecule has 0 unspecified atom stereocenters. The molecule has 6 heteroatoms. The van der Waals surface area contributed by atoms with Crippen molar-refractivity contribution < 1.29 is 18.7 Å². The first-order chi connectivity index (χ1) is 14.1. The Kier molecular flexibility index (Phi) is 7.22. The van der Waals surface area contributed by atoms with Crippen molar-refractivity contribution in [2.75, 3.05) is 20.2 Å². The number of piperidine rings is 1. The van der Waals surface area contributed by atoms with Crippen molar-refractivity contribution in [3.05, 3.63) is 65.5 Å². The average Bonchev–Trinajstić information content (AvgIpc) is 2.74. The molecule has 1 atom stereocenters. The number of ether oxygens (including phenoxy) is 1. The SMILES string of the molecule is COc1ccccc1CN1C[C@@H](C(=O)NCCCc2ccc(F)cc2)CCC1=O. The lowest BCUT2D eigenvalue weighted by Crippen LogP contribution is -2.45. The van der Waals surface area contributed by atoms with Gasteiger partial charge >= 0.3 is 0 Å². The zero-order chi connectivity index (χ0) is 20.6. The number of nitrogens with one attached hydrogen (secondary N) is 1. The molecule has 1 saturated heterocycles. The third-order valence-electron chi connectivity index (χ3n) is 5.28. The van der Waals surface area contributed by atoms with Crippen LogP contribution in [0.25, 0.3) is 0 Å². The van der Waals surface area contributed by atoms with Crippen LogP contribution in [0.4, 0.5) is 4.39 Å². The van der Waals surface area contributed by atoms with Crippen molar-refractivity contribution in [2.24, 2.45) is 5.92 Å². The van der Waals surface area contributed by atoms with Crippen molar-refractivity contribution in [3.8, 4) is 5.75 Å². The number of benzene rings is 2. The Bertz CT molecular complexity index is 838. The van der Waals surface area contributed by atoms with E-state index in [4.69, 9.17) is 4.74 Å². The van der Waals surface area contributed by atoms with Gasteiger partial charge in [0.2, 0.25) is 11.8 Å². The van der Waals surface area contributed by atoms with Crippen LogP contribution in [0.15, 0.2) is 48.5 Å². The highest BCUT2D eigenvalue weighted by atomic mass is 19.1. The third kappa shape index (κ3) is 5.79. The maximum atomic E-state index is 12.9. The maximum Gasteiger partial charge on any atom is 0.224 e. The van der Waals surface area contributed by atoms with Crippen LogP contribution in [0.1, 0.15) is 30.4 Å². The normalized spacial score (nSPS) is 16.6. The monoisotopic (exact) mass is 398 g/mol. The zero-order valence-corrected chi connectivity index (χ0v) is 16.7. The Balaban J connectivity index is 1.48. The van der Waals surface area contributed by atoms with E-state index in [1.54, 1.807) is 24.1 Å². The van der Waals surface area contributed by atoms with Gasteiger partial charge < -0.3 is 15.0 Å². The number of amides is 2. The lowest BCUT2D eigenvalue weighted by atomic mass is 9.96. The summed E-state index contributed by atoms with van der Waals surface area (Å²) < 4.78 is 18.3. The van der Waals surface area contributed by atoms with Crippen molar-refractivity contribution >= 4 is 11.8 Å². The van der Waals surface area contributed by atoms with E-state index in [1.807, 2.05) is 24.3 Å². The summed E-state index contributed by atoms with van der Waals surface area (Å²) in [6, 6.07) is 14.0. The van der Waals surface area contributed by atoms with E-state index in [2.05, 4.69) is 5.32 Å². The molecule has 1 heterocycles. The molecule has 29 heavy (non-hydrogen) atoms. The fourth-order valence-corrected chi connectivity index (χ4v) is 3.62. The summed E-state index contributed by atoms with van der Waals surface area (Å²) in [6.45, 7) is 1.42. The summed E-state index contributed by atoms with van der Waals surface area (Å²) >= 11 is 0. The number of para-hydroxylation sites is 1. The standard InChI is InChI=1S/C23H27FN2O3/c1-29-21-7-3-2-6-18(21)15-26-16-19(10-13-22(26)27)23(28)25-14-4-5-17-8-11-20(24)12-9-17/h2-3,6-9,11-12,19H,4-5,10,13-16H2,1H3,(H,25,28)/t19-/m0/s1. The number of aryl methyl sites for hydroxylation is 1. The molecule has 0 aromatic heterocycles.